The van der Waals surface area contributed by atoms with Crippen molar-refractivity contribution in [1.29, 1.82) is 0 Å². The highest BCUT2D eigenvalue weighted by atomic mass is 35.5. The standard InChI is InChI=1S/C6H4ClN3.C4H4N2/c7-6-9-3-4-1-2-8-5(4)10-6;1-2-5-4-6-3-1/h1-3H,(H,8,9,10);1-4H. The van der Waals surface area contributed by atoms with Gasteiger partial charge in [0, 0.05) is 30.2 Å². The Bertz CT molecular complexity index is 524. The van der Waals surface area contributed by atoms with Gasteiger partial charge in [0.1, 0.15) is 12.0 Å². The van der Waals surface area contributed by atoms with Gasteiger partial charge < -0.3 is 4.98 Å². The fraction of sp³-hybridized carbons (Fsp3) is 0. The molecule has 0 bridgehead atoms. The van der Waals surface area contributed by atoms with Crippen LogP contribution < -0.4 is 0 Å². The second kappa shape index (κ2) is 5.18. The summed E-state index contributed by atoms with van der Waals surface area (Å²) < 4.78 is 0. The second-order valence-electron chi connectivity index (χ2n) is 2.82. The van der Waals surface area contributed by atoms with Crippen molar-refractivity contribution in [1.82, 2.24) is 24.9 Å². The highest BCUT2D eigenvalue weighted by Crippen LogP contribution is 2.09. The lowest BCUT2D eigenvalue weighted by atomic mass is 10.4. The Hall–Kier alpha value is -2.01. The van der Waals surface area contributed by atoms with Gasteiger partial charge in [-0.3, -0.25) is 0 Å². The van der Waals surface area contributed by atoms with Gasteiger partial charge >= 0.3 is 0 Å². The quantitative estimate of drug-likeness (QED) is 0.604. The van der Waals surface area contributed by atoms with Crippen LogP contribution in [0.3, 0.4) is 0 Å². The third-order valence-corrected chi connectivity index (χ3v) is 1.93. The highest BCUT2D eigenvalue weighted by molar-refractivity contribution is 6.28. The number of H-pyrrole nitrogens is 1. The summed E-state index contributed by atoms with van der Waals surface area (Å²) in [4.78, 5) is 18.0. The number of fused-ring (bicyclic) bond motifs is 1. The summed E-state index contributed by atoms with van der Waals surface area (Å²) in [6.45, 7) is 0. The summed E-state index contributed by atoms with van der Waals surface area (Å²) in [5.74, 6) is 0. The largest absolute Gasteiger partial charge is 0.346 e. The van der Waals surface area contributed by atoms with Crippen molar-refractivity contribution in [3.8, 4) is 0 Å². The van der Waals surface area contributed by atoms with Crippen molar-refractivity contribution < 1.29 is 0 Å². The van der Waals surface area contributed by atoms with Crippen LogP contribution in [-0.4, -0.2) is 24.9 Å². The first-order valence-electron chi connectivity index (χ1n) is 4.52. The first-order valence-corrected chi connectivity index (χ1v) is 4.89. The molecule has 3 rings (SSSR count). The predicted molar refractivity (Wildman–Crippen MR) is 60.9 cm³/mol. The molecule has 0 saturated carbocycles. The molecule has 0 radical (unpaired) electrons. The van der Waals surface area contributed by atoms with Crippen molar-refractivity contribution in [3.05, 3.63) is 48.5 Å². The fourth-order valence-electron chi connectivity index (χ4n) is 1.07. The monoisotopic (exact) mass is 233 g/mol. The Balaban J connectivity index is 0.000000138. The van der Waals surface area contributed by atoms with Gasteiger partial charge in [-0.15, -0.1) is 0 Å². The molecule has 1 N–H and O–H groups in total. The van der Waals surface area contributed by atoms with Crippen LogP contribution in [0.15, 0.2) is 43.2 Å². The molecule has 16 heavy (non-hydrogen) atoms. The van der Waals surface area contributed by atoms with Gasteiger partial charge in [0.2, 0.25) is 5.28 Å². The van der Waals surface area contributed by atoms with Crippen molar-refractivity contribution >= 4 is 22.6 Å². The van der Waals surface area contributed by atoms with Crippen molar-refractivity contribution in [2.24, 2.45) is 0 Å². The average molecular weight is 234 g/mol. The molecule has 0 unspecified atom stereocenters. The third kappa shape index (κ3) is 2.74. The zero-order valence-electron chi connectivity index (χ0n) is 8.21. The Morgan fingerprint density at radius 1 is 1.19 bits per heavy atom. The molecule has 6 heteroatoms. The molecule has 0 spiro atoms. The minimum absolute atomic E-state index is 0.273. The Kier molecular flexibility index (Phi) is 3.40. The molecule has 0 saturated heterocycles. The molecule has 0 aromatic carbocycles. The van der Waals surface area contributed by atoms with E-state index >= 15 is 0 Å². The summed E-state index contributed by atoms with van der Waals surface area (Å²) >= 11 is 5.53. The zero-order valence-corrected chi connectivity index (χ0v) is 8.96. The van der Waals surface area contributed by atoms with E-state index < -0.39 is 0 Å². The number of nitrogens with zero attached hydrogens (tertiary/aromatic N) is 4. The van der Waals surface area contributed by atoms with Crippen LogP contribution in [0.4, 0.5) is 0 Å². The van der Waals surface area contributed by atoms with Crippen molar-refractivity contribution in [2.75, 3.05) is 0 Å². The SMILES string of the molecule is Clc1ncc2cc[nH]c2n1.c1cncnc1. The average Bonchev–Trinajstić information content (AvgIpc) is 2.79. The number of hydrogen-bond donors (Lipinski definition) is 1. The molecule has 5 nitrogen and oxygen atoms in total. The molecule has 0 atom stereocenters. The van der Waals surface area contributed by atoms with Gasteiger partial charge in [-0.25, -0.2) is 15.0 Å². The van der Waals surface area contributed by atoms with Crippen LogP contribution in [-0.2, 0) is 0 Å². The maximum absolute atomic E-state index is 5.53. The Labute approximate surface area is 96.6 Å². The lowest BCUT2D eigenvalue weighted by Gasteiger charge is -1.86. The topological polar surface area (TPSA) is 67.3 Å². The third-order valence-electron chi connectivity index (χ3n) is 1.75. The van der Waals surface area contributed by atoms with Crippen LogP contribution in [0.1, 0.15) is 0 Å². The number of aromatic amines is 1. The summed E-state index contributed by atoms with van der Waals surface area (Å²) in [6, 6.07) is 3.67. The van der Waals surface area contributed by atoms with E-state index in [-0.39, 0.29) is 5.28 Å². The molecule has 3 aromatic rings. The van der Waals surface area contributed by atoms with E-state index in [1.54, 1.807) is 30.9 Å². The lowest BCUT2D eigenvalue weighted by Crippen LogP contribution is -1.80. The molecule has 0 amide bonds. The van der Waals surface area contributed by atoms with Crippen LogP contribution >= 0.6 is 11.6 Å². The number of halogens is 1. The molecule has 3 heterocycles. The molecular weight excluding hydrogens is 226 g/mol. The Morgan fingerprint density at radius 2 is 2.00 bits per heavy atom. The van der Waals surface area contributed by atoms with E-state index in [1.165, 1.54) is 6.33 Å². The molecular formula is C10H8ClN5. The lowest BCUT2D eigenvalue weighted by molar-refractivity contribution is 1.17. The first-order chi connectivity index (χ1) is 7.86. The normalized spacial score (nSPS) is 9.56. The molecule has 0 aliphatic rings. The van der Waals surface area contributed by atoms with E-state index in [0.717, 1.165) is 11.0 Å². The Morgan fingerprint density at radius 3 is 2.62 bits per heavy atom. The first kappa shape index (κ1) is 10.5. The molecule has 0 aliphatic carbocycles. The van der Waals surface area contributed by atoms with Crippen LogP contribution in [0.2, 0.25) is 5.28 Å². The van der Waals surface area contributed by atoms with Crippen LogP contribution in [0.5, 0.6) is 0 Å². The van der Waals surface area contributed by atoms with Gasteiger partial charge in [0.05, 0.1) is 0 Å². The fourth-order valence-corrected chi connectivity index (χ4v) is 1.20. The minimum atomic E-state index is 0.273. The number of aromatic nitrogens is 5. The zero-order chi connectivity index (χ0) is 11.2. The number of hydrogen-bond acceptors (Lipinski definition) is 4. The van der Waals surface area contributed by atoms with E-state index in [1.807, 2.05) is 6.07 Å². The van der Waals surface area contributed by atoms with Gasteiger partial charge in [-0.2, -0.15) is 4.98 Å². The summed E-state index contributed by atoms with van der Waals surface area (Å²) in [5.41, 5.74) is 0.778. The minimum Gasteiger partial charge on any atom is -0.346 e. The second-order valence-corrected chi connectivity index (χ2v) is 3.16. The van der Waals surface area contributed by atoms with E-state index in [9.17, 15) is 0 Å². The van der Waals surface area contributed by atoms with Crippen molar-refractivity contribution in [3.63, 3.8) is 0 Å². The van der Waals surface area contributed by atoms with Gasteiger partial charge in [-0.1, -0.05) is 0 Å². The smallest absolute Gasteiger partial charge is 0.224 e. The van der Waals surface area contributed by atoms with Gasteiger partial charge in [-0.05, 0) is 23.7 Å². The predicted octanol–water partition coefficient (Wildman–Crippen LogP) is 2.09. The maximum Gasteiger partial charge on any atom is 0.224 e. The molecule has 3 aromatic heterocycles. The number of rotatable bonds is 0. The molecule has 0 fully saturated rings. The number of nitrogens with one attached hydrogen (secondary N) is 1. The molecule has 0 aliphatic heterocycles. The highest BCUT2D eigenvalue weighted by Gasteiger charge is 1.95. The van der Waals surface area contributed by atoms with Crippen molar-refractivity contribution in [2.45, 2.75) is 0 Å². The van der Waals surface area contributed by atoms with Crippen LogP contribution in [0.25, 0.3) is 11.0 Å². The van der Waals surface area contributed by atoms with E-state index in [2.05, 4.69) is 24.9 Å². The van der Waals surface area contributed by atoms with Crippen LogP contribution in [0, 0.1) is 0 Å². The van der Waals surface area contributed by atoms with Gasteiger partial charge in [0.15, 0.2) is 0 Å². The summed E-state index contributed by atoms with van der Waals surface area (Å²) in [6.07, 6.45) is 8.36. The maximum atomic E-state index is 5.53. The van der Waals surface area contributed by atoms with E-state index in [0.29, 0.717) is 0 Å². The molecule has 80 valence electrons. The van der Waals surface area contributed by atoms with Gasteiger partial charge in [0.25, 0.3) is 0 Å². The summed E-state index contributed by atoms with van der Waals surface area (Å²) in [5, 5.41) is 1.25. The summed E-state index contributed by atoms with van der Waals surface area (Å²) in [7, 11) is 0. The van der Waals surface area contributed by atoms with E-state index in [4.69, 9.17) is 11.6 Å².